The first-order valence-electron chi connectivity index (χ1n) is 6.00. The van der Waals surface area contributed by atoms with Crippen LogP contribution in [0.4, 0.5) is 0 Å². The molecule has 1 heterocycles. The van der Waals surface area contributed by atoms with E-state index < -0.39 is 0 Å². The molecule has 0 fully saturated rings. The Morgan fingerprint density at radius 1 is 1.15 bits per heavy atom. The molecule has 0 radical (unpaired) electrons. The van der Waals surface area contributed by atoms with Crippen molar-refractivity contribution in [3.8, 4) is 6.07 Å². The van der Waals surface area contributed by atoms with Gasteiger partial charge in [0.15, 0.2) is 0 Å². The smallest absolute Gasteiger partial charge is 0.135 e. The van der Waals surface area contributed by atoms with Gasteiger partial charge in [-0.3, -0.25) is 0 Å². The Kier molecular flexibility index (Phi) is 3.64. The fourth-order valence-corrected chi connectivity index (χ4v) is 3.21. The Balaban J connectivity index is 2.10. The number of nitrogens with zero attached hydrogens (tertiary/aromatic N) is 2. The van der Waals surface area contributed by atoms with E-state index in [9.17, 15) is 5.26 Å². The summed E-state index contributed by atoms with van der Waals surface area (Å²) in [4.78, 5) is 4.52. The summed E-state index contributed by atoms with van der Waals surface area (Å²) in [7, 11) is 0. The van der Waals surface area contributed by atoms with Gasteiger partial charge in [0.05, 0.1) is 15.8 Å². The zero-order valence-electron chi connectivity index (χ0n) is 10.4. The predicted molar refractivity (Wildman–Crippen MR) is 87.2 cm³/mol. The minimum absolute atomic E-state index is 0.582. The van der Waals surface area contributed by atoms with Gasteiger partial charge in [0.1, 0.15) is 11.1 Å². The second-order valence-corrected chi connectivity index (χ2v) is 6.06. The molecule has 0 N–H and O–H groups in total. The lowest BCUT2D eigenvalue weighted by molar-refractivity contribution is 1.43. The summed E-state index contributed by atoms with van der Waals surface area (Å²) in [6.07, 6.45) is 1.86. The van der Waals surface area contributed by atoms with Crippen LogP contribution in [0.15, 0.2) is 53.0 Å². The molecule has 3 aromatic rings. The van der Waals surface area contributed by atoms with Crippen molar-refractivity contribution in [2.24, 2.45) is 0 Å². The lowest BCUT2D eigenvalue weighted by Crippen LogP contribution is -1.81. The van der Waals surface area contributed by atoms with Gasteiger partial charge in [0, 0.05) is 4.47 Å². The van der Waals surface area contributed by atoms with Gasteiger partial charge in [0.25, 0.3) is 0 Å². The molecule has 0 aliphatic heterocycles. The third kappa shape index (κ3) is 2.51. The van der Waals surface area contributed by atoms with E-state index in [-0.39, 0.29) is 0 Å². The van der Waals surface area contributed by atoms with Crippen LogP contribution in [-0.2, 0) is 0 Å². The van der Waals surface area contributed by atoms with Crippen LogP contribution in [0.3, 0.4) is 0 Å². The molecular formula is C16H9BrN2S. The van der Waals surface area contributed by atoms with Gasteiger partial charge < -0.3 is 0 Å². The number of rotatable bonds is 2. The Hall–Kier alpha value is -1.96. The van der Waals surface area contributed by atoms with Crippen molar-refractivity contribution < 1.29 is 0 Å². The SMILES string of the molecule is N#C/C(=C\c1ccccc1Br)c1nc2ccccc2s1. The first kappa shape index (κ1) is 13.0. The number of benzene rings is 2. The highest BCUT2D eigenvalue weighted by atomic mass is 79.9. The summed E-state index contributed by atoms with van der Waals surface area (Å²) < 4.78 is 2.06. The fourth-order valence-electron chi connectivity index (χ4n) is 1.88. The number of allylic oxidation sites excluding steroid dienone is 1. The number of fused-ring (bicyclic) bond motifs is 1. The molecule has 0 aliphatic rings. The highest BCUT2D eigenvalue weighted by molar-refractivity contribution is 9.10. The van der Waals surface area contributed by atoms with Crippen LogP contribution in [0.2, 0.25) is 0 Å². The standard InChI is InChI=1S/C16H9BrN2S/c17-13-6-2-1-5-11(13)9-12(10-18)16-19-14-7-3-4-8-15(14)20-16/h1-9H/b12-9+. The molecule has 96 valence electrons. The van der Waals surface area contributed by atoms with Crippen LogP contribution < -0.4 is 0 Å². The van der Waals surface area contributed by atoms with Crippen LogP contribution in [0.5, 0.6) is 0 Å². The highest BCUT2D eigenvalue weighted by Crippen LogP contribution is 2.29. The van der Waals surface area contributed by atoms with Crippen molar-refractivity contribution in [1.82, 2.24) is 4.98 Å². The summed E-state index contributed by atoms with van der Waals surface area (Å²) >= 11 is 5.03. The first-order chi connectivity index (χ1) is 9.78. The summed E-state index contributed by atoms with van der Waals surface area (Å²) in [6, 6.07) is 18.0. The summed E-state index contributed by atoms with van der Waals surface area (Å²) in [6.45, 7) is 0. The Labute approximate surface area is 129 Å². The molecule has 1 aromatic heterocycles. The number of nitriles is 1. The number of aromatic nitrogens is 1. The Morgan fingerprint density at radius 3 is 2.65 bits per heavy atom. The lowest BCUT2D eigenvalue weighted by Gasteiger charge is -1.98. The molecule has 0 spiro atoms. The monoisotopic (exact) mass is 340 g/mol. The zero-order chi connectivity index (χ0) is 13.9. The molecular weight excluding hydrogens is 332 g/mol. The van der Waals surface area contributed by atoms with E-state index in [2.05, 4.69) is 27.0 Å². The van der Waals surface area contributed by atoms with Gasteiger partial charge in [0.2, 0.25) is 0 Å². The van der Waals surface area contributed by atoms with Gasteiger partial charge >= 0.3 is 0 Å². The third-order valence-corrected chi connectivity index (χ3v) is 4.64. The van der Waals surface area contributed by atoms with Crippen LogP contribution in [-0.4, -0.2) is 4.98 Å². The topological polar surface area (TPSA) is 36.7 Å². The molecule has 0 unspecified atom stereocenters. The maximum atomic E-state index is 9.39. The van der Waals surface area contributed by atoms with Gasteiger partial charge in [-0.2, -0.15) is 5.26 Å². The van der Waals surface area contributed by atoms with E-state index in [1.54, 1.807) is 0 Å². The maximum Gasteiger partial charge on any atom is 0.135 e. The van der Waals surface area contributed by atoms with E-state index in [1.807, 2.05) is 54.6 Å². The van der Waals surface area contributed by atoms with Gasteiger partial charge in [-0.05, 0) is 29.8 Å². The van der Waals surface area contributed by atoms with E-state index in [1.165, 1.54) is 11.3 Å². The minimum atomic E-state index is 0.582. The number of thiazole rings is 1. The number of hydrogen-bond acceptors (Lipinski definition) is 3. The van der Waals surface area contributed by atoms with E-state index in [4.69, 9.17) is 0 Å². The molecule has 0 saturated heterocycles. The normalized spacial score (nSPS) is 11.5. The number of para-hydroxylation sites is 1. The quantitative estimate of drug-likeness (QED) is 0.607. The van der Waals surface area contributed by atoms with Crippen LogP contribution in [0.1, 0.15) is 10.6 Å². The molecule has 0 bridgehead atoms. The van der Waals surface area contributed by atoms with Crippen molar-refractivity contribution in [2.75, 3.05) is 0 Å². The lowest BCUT2D eigenvalue weighted by atomic mass is 10.1. The second kappa shape index (κ2) is 5.58. The number of hydrogen-bond donors (Lipinski definition) is 0. The zero-order valence-corrected chi connectivity index (χ0v) is 12.8. The summed E-state index contributed by atoms with van der Waals surface area (Å²) in [5.74, 6) is 0. The average Bonchev–Trinajstić information content (AvgIpc) is 2.90. The average molecular weight is 341 g/mol. The second-order valence-electron chi connectivity index (χ2n) is 4.18. The van der Waals surface area contributed by atoms with Gasteiger partial charge in [-0.25, -0.2) is 4.98 Å². The maximum absolute atomic E-state index is 9.39. The van der Waals surface area contributed by atoms with Crippen molar-refractivity contribution in [3.63, 3.8) is 0 Å². The molecule has 20 heavy (non-hydrogen) atoms. The molecule has 4 heteroatoms. The van der Waals surface area contributed by atoms with E-state index in [0.29, 0.717) is 5.57 Å². The molecule has 0 saturated carbocycles. The third-order valence-electron chi connectivity index (χ3n) is 2.85. The molecule has 0 amide bonds. The van der Waals surface area contributed by atoms with Crippen molar-refractivity contribution in [2.45, 2.75) is 0 Å². The van der Waals surface area contributed by atoms with Gasteiger partial charge in [-0.15, -0.1) is 11.3 Å². The molecule has 2 aromatic carbocycles. The molecule has 2 nitrogen and oxygen atoms in total. The van der Waals surface area contributed by atoms with Gasteiger partial charge in [-0.1, -0.05) is 46.3 Å². The summed E-state index contributed by atoms with van der Waals surface area (Å²) in [5, 5.41) is 10.1. The van der Waals surface area contributed by atoms with Crippen molar-refractivity contribution in [3.05, 3.63) is 63.6 Å². The van der Waals surface area contributed by atoms with E-state index >= 15 is 0 Å². The van der Waals surface area contributed by atoms with Crippen molar-refractivity contribution >= 4 is 49.1 Å². The Bertz CT molecular complexity index is 810. The van der Waals surface area contributed by atoms with Crippen LogP contribution in [0.25, 0.3) is 21.9 Å². The molecule has 3 rings (SSSR count). The van der Waals surface area contributed by atoms with Crippen LogP contribution >= 0.6 is 27.3 Å². The van der Waals surface area contributed by atoms with Crippen molar-refractivity contribution in [1.29, 1.82) is 5.26 Å². The largest absolute Gasteiger partial charge is 0.235 e. The highest BCUT2D eigenvalue weighted by Gasteiger charge is 2.09. The van der Waals surface area contributed by atoms with E-state index in [0.717, 1.165) is 25.3 Å². The van der Waals surface area contributed by atoms with Crippen LogP contribution in [0, 0.1) is 11.3 Å². The minimum Gasteiger partial charge on any atom is -0.235 e. The predicted octanol–water partition coefficient (Wildman–Crippen LogP) is 5.12. The summed E-state index contributed by atoms with van der Waals surface area (Å²) in [5.41, 5.74) is 2.49. The molecule has 0 aliphatic carbocycles. The first-order valence-corrected chi connectivity index (χ1v) is 7.61. The number of halogens is 1. The molecule has 0 atom stereocenters. The fraction of sp³-hybridized carbons (Fsp3) is 0. The Morgan fingerprint density at radius 2 is 1.90 bits per heavy atom.